The van der Waals surface area contributed by atoms with E-state index in [4.69, 9.17) is 10.5 Å². The molecule has 0 atom stereocenters. The Kier molecular flexibility index (Phi) is 6.21. The van der Waals surface area contributed by atoms with Crippen LogP contribution < -0.4 is 10.5 Å². The second kappa shape index (κ2) is 7.76. The Bertz CT molecular complexity index is 387. The average Bonchev–Trinajstić information content (AvgIpc) is 2.33. The minimum atomic E-state index is 0.377. The van der Waals surface area contributed by atoms with Gasteiger partial charge in [-0.3, -0.25) is 0 Å². The summed E-state index contributed by atoms with van der Waals surface area (Å²) in [6.07, 6.45) is 2.27. The van der Waals surface area contributed by atoms with Crippen molar-refractivity contribution in [2.75, 3.05) is 13.2 Å². The number of para-hydroxylation sites is 1. The predicted molar refractivity (Wildman–Crippen MR) is 71.9 cm³/mol. The van der Waals surface area contributed by atoms with Gasteiger partial charge in [-0.25, -0.2) is 0 Å². The molecule has 0 spiro atoms. The fraction of sp³-hybridized carbons (Fsp3) is 0.467. The summed E-state index contributed by atoms with van der Waals surface area (Å²) in [6.45, 7) is 5.57. The minimum absolute atomic E-state index is 0.377. The summed E-state index contributed by atoms with van der Waals surface area (Å²) in [6, 6.07) is 7.84. The summed E-state index contributed by atoms with van der Waals surface area (Å²) >= 11 is 0. The number of benzene rings is 1. The monoisotopic (exact) mass is 231 g/mol. The zero-order valence-corrected chi connectivity index (χ0v) is 10.7. The Labute approximate surface area is 104 Å². The van der Waals surface area contributed by atoms with Gasteiger partial charge in [-0.2, -0.15) is 0 Å². The van der Waals surface area contributed by atoms with Crippen molar-refractivity contribution in [3.8, 4) is 17.6 Å². The first-order valence-electron chi connectivity index (χ1n) is 6.14. The number of hydrogen-bond donors (Lipinski definition) is 1. The lowest BCUT2D eigenvalue weighted by atomic mass is 10.1. The first kappa shape index (κ1) is 13.6. The van der Waals surface area contributed by atoms with E-state index in [-0.39, 0.29) is 0 Å². The van der Waals surface area contributed by atoms with Crippen LogP contribution in [0.25, 0.3) is 0 Å². The van der Waals surface area contributed by atoms with E-state index < -0.39 is 0 Å². The Morgan fingerprint density at radius 3 is 2.76 bits per heavy atom. The Morgan fingerprint density at radius 2 is 2.06 bits per heavy atom. The van der Waals surface area contributed by atoms with Crippen LogP contribution in [0.3, 0.4) is 0 Å². The Balaban J connectivity index is 2.52. The number of hydrogen-bond acceptors (Lipinski definition) is 2. The molecule has 1 rings (SSSR count). The van der Waals surface area contributed by atoms with E-state index >= 15 is 0 Å². The van der Waals surface area contributed by atoms with E-state index in [1.807, 2.05) is 24.3 Å². The topological polar surface area (TPSA) is 35.2 Å². The van der Waals surface area contributed by atoms with Crippen LogP contribution in [-0.2, 0) is 0 Å². The van der Waals surface area contributed by atoms with E-state index in [2.05, 4.69) is 25.7 Å². The van der Waals surface area contributed by atoms with Crippen LogP contribution >= 0.6 is 0 Å². The van der Waals surface area contributed by atoms with E-state index in [9.17, 15) is 0 Å². The first-order valence-corrected chi connectivity index (χ1v) is 6.14. The molecule has 2 N–H and O–H groups in total. The van der Waals surface area contributed by atoms with Crippen molar-refractivity contribution in [1.29, 1.82) is 0 Å². The van der Waals surface area contributed by atoms with Crippen LogP contribution in [0, 0.1) is 17.8 Å². The highest BCUT2D eigenvalue weighted by atomic mass is 16.5. The van der Waals surface area contributed by atoms with Crippen molar-refractivity contribution in [2.24, 2.45) is 11.7 Å². The third-order valence-corrected chi connectivity index (χ3v) is 2.40. The average molecular weight is 231 g/mol. The van der Waals surface area contributed by atoms with Gasteiger partial charge in [-0.1, -0.05) is 37.8 Å². The molecule has 0 saturated heterocycles. The van der Waals surface area contributed by atoms with Gasteiger partial charge in [0.05, 0.1) is 18.7 Å². The van der Waals surface area contributed by atoms with Gasteiger partial charge in [-0.05, 0) is 30.9 Å². The molecule has 0 amide bonds. The van der Waals surface area contributed by atoms with Crippen molar-refractivity contribution in [1.82, 2.24) is 0 Å². The van der Waals surface area contributed by atoms with E-state index in [1.165, 1.54) is 6.42 Å². The van der Waals surface area contributed by atoms with E-state index in [0.29, 0.717) is 6.54 Å². The zero-order chi connectivity index (χ0) is 12.5. The van der Waals surface area contributed by atoms with Gasteiger partial charge >= 0.3 is 0 Å². The maximum atomic E-state index is 5.74. The molecule has 0 saturated carbocycles. The van der Waals surface area contributed by atoms with E-state index in [1.54, 1.807) is 0 Å². The minimum Gasteiger partial charge on any atom is -0.492 e. The summed E-state index contributed by atoms with van der Waals surface area (Å²) in [5.74, 6) is 7.46. The maximum absolute atomic E-state index is 5.74. The largest absolute Gasteiger partial charge is 0.492 e. The molecule has 1 aromatic carbocycles. The van der Waals surface area contributed by atoms with Crippen LogP contribution in [0.15, 0.2) is 24.3 Å². The number of rotatable bonds is 5. The summed E-state index contributed by atoms with van der Waals surface area (Å²) in [4.78, 5) is 0. The van der Waals surface area contributed by atoms with Crippen LogP contribution in [0.5, 0.6) is 5.75 Å². The number of nitrogens with two attached hydrogens (primary N) is 1. The number of ether oxygens (including phenoxy) is 1. The smallest absolute Gasteiger partial charge is 0.134 e. The molecule has 0 aromatic heterocycles. The van der Waals surface area contributed by atoms with Gasteiger partial charge in [0.15, 0.2) is 0 Å². The lowest BCUT2D eigenvalue weighted by Gasteiger charge is -2.09. The van der Waals surface area contributed by atoms with Crippen molar-refractivity contribution in [3.63, 3.8) is 0 Å². The molecule has 2 heteroatoms. The lowest BCUT2D eigenvalue weighted by Crippen LogP contribution is -2.01. The fourth-order valence-corrected chi connectivity index (χ4v) is 1.52. The van der Waals surface area contributed by atoms with Gasteiger partial charge in [0.25, 0.3) is 0 Å². The van der Waals surface area contributed by atoms with Gasteiger partial charge in [0.2, 0.25) is 0 Å². The van der Waals surface area contributed by atoms with Crippen LogP contribution in [0.1, 0.15) is 32.3 Å². The Hall–Kier alpha value is -1.46. The van der Waals surface area contributed by atoms with Gasteiger partial charge in [0, 0.05) is 0 Å². The molecule has 0 aliphatic carbocycles. The van der Waals surface area contributed by atoms with Crippen molar-refractivity contribution in [3.05, 3.63) is 29.8 Å². The quantitative estimate of drug-likeness (QED) is 0.624. The molecule has 0 fully saturated rings. The highest BCUT2D eigenvalue weighted by Crippen LogP contribution is 2.17. The maximum Gasteiger partial charge on any atom is 0.134 e. The Morgan fingerprint density at radius 1 is 1.29 bits per heavy atom. The molecule has 0 radical (unpaired) electrons. The van der Waals surface area contributed by atoms with Crippen molar-refractivity contribution in [2.45, 2.75) is 26.7 Å². The third-order valence-electron chi connectivity index (χ3n) is 2.40. The molecule has 1 aromatic rings. The van der Waals surface area contributed by atoms with Gasteiger partial charge < -0.3 is 10.5 Å². The standard InChI is InChI=1S/C15H21NO/c1-13(2)7-6-12-17-15-10-4-3-8-14(15)9-5-11-16/h3-4,8,10,13H,6-7,11-12,16H2,1-2H3. The second-order valence-corrected chi connectivity index (χ2v) is 4.39. The molecule has 0 bridgehead atoms. The van der Waals surface area contributed by atoms with Crippen molar-refractivity contribution < 1.29 is 4.74 Å². The highest BCUT2D eigenvalue weighted by molar-refractivity contribution is 5.45. The SMILES string of the molecule is CC(C)CCCOc1ccccc1C#CCN. The molecule has 0 aliphatic heterocycles. The molecular weight excluding hydrogens is 210 g/mol. The second-order valence-electron chi connectivity index (χ2n) is 4.39. The first-order chi connectivity index (χ1) is 8.24. The van der Waals surface area contributed by atoms with Crippen molar-refractivity contribution >= 4 is 0 Å². The predicted octanol–water partition coefficient (Wildman–Crippen LogP) is 2.81. The highest BCUT2D eigenvalue weighted by Gasteiger charge is 2.00. The normalized spacial score (nSPS) is 9.88. The molecule has 92 valence electrons. The lowest BCUT2D eigenvalue weighted by molar-refractivity contribution is 0.297. The molecular formula is C15H21NO. The third kappa shape index (κ3) is 5.42. The molecule has 2 nitrogen and oxygen atoms in total. The van der Waals surface area contributed by atoms with Gasteiger partial charge in [0.1, 0.15) is 5.75 Å². The van der Waals surface area contributed by atoms with E-state index in [0.717, 1.165) is 30.3 Å². The fourth-order valence-electron chi connectivity index (χ4n) is 1.52. The van der Waals surface area contributed by atoms with Crippen LogP contribution in [0.4, 0.5) is 0 Å². The van der Waals surface area contributed by atoms with Gasteiger partial charge in [-0.15, -0.1) is 0 Å². The zero-order valence-electron chi connectivity index (χ0n) is 10.7. The molecule has 0 aliphatic rings. The van der Waals surface area contributed by atoms with Crippen LogP contribution in [-0.4, -0.2) is 13.2 Å². The summed E-state index contributed by atoms with van der Waals surface area (Å²) in [5, 5.41) is 0. The summed E-state index contributed by atoms with van der Waals surface area (Å²) in [5.41, 5.74) is 6.29. The summed E-state index contributed by atoms with van der Waals surface area (Å²) < 4.78 is 5.74. The molecule has 0 unspecified atom stereocenters. The molecule has 17 heavy (non-hydrogen) atoms. The molecule has 0 heterocycles. The summed E-state index contributed by atoms with van der Waals surface area (Å²) in [7, 11) is 0. The van der Waals surface area contributed by atoms with Crippen LogP contribution in [0.2, 0.25) is 0 Å².